The van der Waals surface area contributed by atoms with E-state index < -0.39 is 66.3 Å². The molecule has 1 aromatic heterocycles. The quantitative estimate of drug-likeness (QED) is 0.0681. The van der Waals surface area contributed by atoms with Crippen molar-refractivity contribution in [1.29, 1.82) is 10.8 Å². The Kier molecular flexibility index (Phi) is 13.0. The molecule has 1 fully saturated rings. The Hall–Kier alpha value is -4.13. The van der Waals surface area contributed by atoms with E-state index in [9.17, 15) is 46.6 Å². The van der Waals surface area contributed by atoms with Crippen LogP contribution in [-0.4, -0.2) is 26.7 Å². The van der Waals surface area contributed by atoms with E-state index >= 15 is 0 Å². The smallest absolute Gasteiger partial charge is 0.370 e. The molecule has 0 atom stereocenters. The number of nitro benzene ring substituents is 2. The molecule has 1 aliphatic carbocycles. The Morgan fingerprint density at radius 3 is 1.67 bits per heavy atom. The van der Waals surface area contributed by atoms with Crippen molar-refractivity contribution in [1.82, 2.24) is 10.3 Å². The van der Waals surface area contributed by atoms with Crippen LogP contribution >= 0.6 is 23.2 Å². The standard InChI is InChI=1S/C13H4Cl2F6N4O4.C6H12.C2H7N5/c14-6-1-4(12(16,17)18)3-22-11(6)23-9-7(24(26)27)2-5(13(19,20)21)8(15)10(9)25(28)29;1-2-4-6-5-3-1;3-1(4)7-2(5)6/h1-3H,(H,22,23);1-6H2;(H7,3,4,5,6,7). The summed E-state index contributed by atoms with van der Waals surface area (Å²) < 4.78 is 77.0. The van der Waals surface area contributed by atoms with Gasteiger partial charge in [-0.25, -0.2) is 4.98 Å². The molecule has 13 nitrogen and oxygen atoms in total. The van der Waals surface area contributed by atoms with E-state index in [2.05, 4.69) is 4.98 Å². The zero-order valence-corrected chi connectivity index (χ0v) is 22.6. The molecule has 2 aromatic rings. The van der Waals surface area contributed by atoms with Gasteiger partial charge in [0, 0.05) is 12.3 Å². The highest BCUT2D eigenvalue weighted by atomic mass is 35.5. The average Bonchev–Trinajstić information content (AvgIpc) is 2.84. The summed E-state index contributed by atoms with van der Waals surface area (Å²) in [6, 6.07) is 0.301. The predicted octanol–water partition coefficient (Wildman–Crippen LogP) is 6.69. The van der Waals surface area contributed by atoms with Crippen LogP contribution in [0.25, 0.3) is 0 Å². The van der Waals surface area contributed by atoms with Gasteiger partial charge in [0.1, 0.15) is 10.8 Å². The van der Waals surface area contributed by atoms with E-state index in [0.717, 1.165) is 0 Å². The first kappa shape index (κ1) is 35.9. The minimum Gasteiger partial charge on any atom is -0.370 e. The van der Waals surface area contributed by atoms with Crippen LogP contribution in [-0.2, 0) is 12.4 Å². The number of hydrogen-bond acceptors (Lipinski definition) is 8. The number of benzene rings is 1. The summed E-state index contributed by atoms with van der Waals surface area (Å²) >= 11 is 11.1. The van der Waals surface area contributed by atoms with Crippen LogP contribution in [0.3, 0.4) is 0 Å². The second-order valence-corrected chi connectivity index (χ2v) is 9.03. The largest absolute Gasteiger partial charge is 0.418 e. The predicted molar refractivity (Wildman–Crippen MR) is 142 cm³/mol. The third kappa shape index (κ3) is 11.0. The molecule has 0 spiro atoms. The van der Waals surface area contributed by atoms with E-state index in [4.69, 9.17) is 45.5 Å². The Morgan fingerprint density at radius 2 is 1.36 bits per heavy atom. The molecule has 1 heterocycles. The van der Waals surface area contributed by atoms with Crippen molar-refractivity contribution < 1.29 is 36.2 Å². The van der Waals surface area contributed by atoms with Crippen LogP contribution in [0.15, 0.2) is 18.3 Å². The Bertz CT molecular complexity index is 1300. The molecular weight excluding hydrogens is 627 g/mol. The lowest BCUT2D eigenvalue weighted by atomic mass is 10.0. The molecule has 8 N–H and O–H groups in total. The van der Waals surface area contributed by atoms with Crippen molar-refractivity contribution in [3.8, 4) is 0 Å². The highest BCUT2D eigenvalue weighted by Crippen LogP contribution is 2.48. The summed E-state index contributed by atoms with van der Waals surface area (Å²) in [5.41, 5.74) is 2.23. The fraction of sp³-hybridized carbons (Fsp3) is 0.381. The van der Waals surface area contributed by atoms with Crippen molar-refractivity contribution in [3.63, 3.8) is 0 Å². The van der Waals surface area contributed by atoms with E-state index in [1.54, 1.807) is 0 Å². The van der Waals surface area contributed by atoms with Crippen molar-refractivity contribution in [2.24, 2.45) is 11.5 Å². The van der Waals surface area contributed by atoms with Gasteiger partial charge in [-0.2, -0.15) is 26.3 Å². The lowest BCUT2D eigenvalue weighted by Crippen LogP contribution is -2.39. The van der Waals surface area contributed by atoms with Gasteiger partial charge in [-0.3, -0.25) is 36.4 Å². The molecule has 0 saturated heterocycles. The van der Waals surface area contributed by atoms with Gasteiger partial charge >= 0.3 is 23.7 Å². The number of halogens is 8. The minimum atomic E-state index is -5.27. The van der Waals surface area contributed by atoms with Crippen molar-refractivity contribution >= 4 is 58.0 Å². The molecule has 3 rings (SSSR count). The number of rotatable bonds is 4. The fourth-order valence-electron chi connectivity index (χ4n) is 3.28. The number of anilines is 2. The number of guanidine groups is 2. The zero-order valence-electron chi connectivity index (χ0n) is 21.1. The van der Waals surface area contributed by atoms with Crippen molar-refractivity contribution in [3.05, 3.63) is 59.7 Å². The number of aromatic nitrogens is 1. The number of hydrogen-bond donors (Lipinski definition) is 6. The molecule has 0 radical (unpaired) electrons. The molecule has 0 amide bonds. The number of nitrogens with two attached hydrogens (primary N) is 2. The number of pyridine rings is 1. The summed E-state index contributed by atoms with van der Waals surface area (Å²) in [6.45, 7) is 0. The summed E-state index contributed by atoms with van der Waals surface area (Å²) in [5.74, 6) is -1.35. The number of alkyl halides is 6. The fourth-order valence-corrected chi connectivity index (χ4v) is 3.82. The lowest BCUT2D eigenvalue weighted by molar-refractivity contribution is -0.392. The Labute approximate surface area is 242 Å². The maximum absolute atomic E-state index is 13.0. The molecule has 1 aliphatic rings. The average molecular weight is 650 g/mol. The third-order valence-electron chi connectivity index (χ3n) is 5.08. The molecule has 1 saturated carbocycles. The van der Waals surface area contributed by atoms with Gasteiger partial charge in [-0.05, 0) is 6.07 Å². The monoisotopic (exact) mass is 649 g/mol. The van der Waals surface area contributed by atoms with Crippen LogP contribution in [0.1, 0.15) is 49.7 Å². The Balaban J connectivity index is 0.000000556. The maximum Gasteiger partial charge on any atom is 0.418 e. The van der Waals surface area contributed by atoms with Gasteiger partial charge in [0.2, 0.25) is 0 Å². The molecule has 0 bridgehead atoms. The molecule has 1 aromatic carbocycles. The summed E-state index contributed by atoms with van der Waals surface area (Å²) in [4.78, 5) is 22.9. The van der Waals surface area contributed by atoms with Crippen LogP contribution in [0, 0.1) is 31.0 Å². The molecule has 232 valence electrons. The first-order chi connectivity index (χ1) is 19.3. The van der Waals surface area contributed by atoms with Crippen LogP contribution in [0.5, 0.6) is 0 Å². The molecule has 0 unspecified atom stereocenters. The van der Waals surface area contributed by atoms with E-state index in [1.807, 2.05) is 10.6 Å². The van der Waals surface area contributed by atoms with Crippen LogP contribution in [0.2, 0.25) is 10.0 Å². The SMILES string of the molecule is C1CCCCC1.N=C(N)NC(=N)N.O=[N+]([O-])c1cc(C(F)(F)F)c(Cl)c([N+](=O)[O-])c1Nc1ncc(C(F)(F)F)cc1Cl. The van der Waals surface area contributed by atoms with Gasteiger partial charge < -0.3 is 16.8 Å². The molecule has 21 heteroatoms. The van der Waals surface area contributed by atoms with Gasteiger partial charge in [0.05, 0.1) is 26.0 Å². The molecule has 0 aliphatic heterocycles. The van der Waals surface area contributed by atoms with Crippen LogP contribution < -0.4 is 22.1 Å². The third-order valence-corrected chi connectivity index (χ3v) is 5.76. The maximum atomic E-state index is 13.0. The zero-order chi connectivity index (χ0) is 32.4. The summed E-state index contributed by atoms with van der Waals surface area (Å²) in [6.07, 6.45) is -0.849. The first-order valence-corrected chi connectivity index (χ1v) is 12.2. The number of nitrogens with one attached hydrogen (secondary N) is 4. The van der Waals surface area contributed by atoms with E-state index in [0.29, 0.717) is 6.07 Å². The van der Waals surface area contributed by atoms with Crippen molar-refractivity contribution in [2.45, 2.75) is 50.9 Å². The highest BCUT2D eigenvalue weighted by Gasteiger charge is 2.42. The number of nitrogens with zero attached hydrogens (tertiary/aromatic N) is 3. The molecular formula is C21H23Cl2F6N9O4. The highest BCUT2D eigenvalue weighted by molar-refractivity contribution is 6.35. The van der Waals surface area contributed by atoms with Gasteiger partial charge in [0.15, 0.2) is 17.6 Å². The number of nitro groups is 2. The van der Waals surface area contributed by atoms with Gasteiger partial charge in [0.25, 0.3) is 0 Å². The van der Waals surface area contributed by atoms with E-state index in [-0.39, 0.29) is 24.2 Å². The molecule has 42 heavy (non-hydrogen) atoms. The topological polar surface area (TPSA) is 223 Å². The Morgan fingerprint density at radius 1 is 0.881 bits per heavy atom. The first-order valence-electron chi connectivity index (χ1n) is 11.4. The normalized spacial score (nSPS) is 13.0. The summed E-state index contributed by atoms with van der Waals surface area (Å²) in [7, 11) is 0. The summed E-state index contributed by atoms with van der Waals surface area (Å²) in [5, 5.41) is 37.1. The second kappa shape index (κ2) is 15.2. The van der Waals surface area contributed by atoms with Crippen molar-refractivity contribution in [2.75, 3.05) is 5.32 Å². The second-order valence-electron chi connectivity index (χ2n) is 8.24. The van der Waals surface area contributed by atoms with Gasteiger partial charge in [-0.15, -0.1) is 0 Å². The van der Waals surface area contributed by atoms with Crippen LogP contribution in [0.4, 0.5) is 49.2 Å². The minimum absolute atomic E-state index is 0.0599. The lowest BCUT2D eigenvalue weighted by Gasteiger charge is -2.14. The van der Waals surface area contributed by atoms with Gasteiger partial charge in [-0.1, -0.05) is 61.7 Å². The van der Waals surface area contributed by atoms with E-state index in [1.165, 1.54) is 38.5 Å².